The van der Waals surface area contributed by atoms with Crippen molar-refractivity contribution in [1.29, 1.82) is 0 Å². The van der Waals surface area contributed by atoms with Crippen LogP contribution in [-0.2, 0) is 16.0 Å². The second-order valence-electron chi connectivity index (χ2n) is 4.24. The van der Waals surface area contributed by atoms with E-state index in [2.05, 4.69) is 14.9 Å². The van der Waals surface area contributed by atoms with Gasteiger partial charge in [-0.1, -0.05) is 0 Å². The lowest BCUT2D eigenvalue weighted by atomic mass is 10.2. The summed E-state index contributed by atoms with van der Waals surface area (Å²) in [7, 11) is 0. The van der Waals surface area contributed by atoms with Gasteiger partial charge in [-0.15, -0.1) is 0 Å². The zero-order valence-electron chi connectivity index (χ0n) is 10.3. The summed E-state index contributed by atoms with van der Waals surface area (Å²) in [6.07, 6.45) is 0.376. The van der Waals surface area contributed by atoms with Gasteiger partial charge in [-0.05, 0) is 13.8 Å². The molecular weight excluding hydrogens is 218 g/mol. The monoisotopic (exact) mass is 235 g/mol. The Balaban J connectivity index is 2.20. The lowest BCUT2D eigenvalue weighted by Gasteiger charge is -2.28. The van der Waals surface area contributed by atoms with Gasteiger partial charge in [0.1, 0.15) is 17.4 Å². The van der Waals surface area contributed by atoms with Crippen LogP contribution in [0.15, 0.2) is 6.07 Å². The van der Waals surface area contributed by atoms with E-state index in [1.165, 1.54) is 0 Å². The summed E-state index contributed by atoms with van der Waals surface area (Å²) in [6.45, 7) is 6.57. The Morgan fingerprint density at radius 1 is 1.41 bits per heavy atom. The van der Waals surface area contributed by atoms with Crippen LogP contribution in [0, 0.1) is 6.92 Å². The van der Waals surface area contributed by atoms with Crippen LogP contribution in [0.2, 0.25) is 0 Å². The number of nitrogens with zero attached hydrogens (tertiary/aromatic N) is 3. The van der Waals surface area contributed by atoms with Crippen LogP contribution in [0.4, 0.5) is 5.82 Å². The summed E-state index contributed by atoms with van der Waals surface area (Å²) < 4.78 is 5.31. The summed E-state index contributed by atoms with van der Waals surface area (Å²) in [5, 5.41) is 0. The van der Waals surface area contributed by atoms with Crippen LogP contribution in [0.3, 0.4) is 0 Å². The van der Waals surface area contributed by atoms with Gasteiger partial charge in [0.15, 0.2) is 0 Å². The first kappa shape index (κ1) is 12.0. The Labute approximate surface area is 101 Å². The first-order valence-electron chi connectivity index (χ1n) is 5.82. The highest BCUT2D eigenvalue weighted by Gasteiger charge is 2.14. The number of carbonyl (C=O) groups excluding carboxylic acids is 1. The molecule has 2 rings (SSSR count). The molecule has 1 aliphatic heterocycles. The molecule has 0 bridgehead atoms. The van der Waals surface area contributed by atoms with Crippen LogP contribution in [-0.4, -0.2) is 42.1 Å². The van der Waals surface area contributed by atoms with Gasteiger partial charge in [0.25, 0.3) is 0 Å². The zero-order valence-corrected chi connectivity index (χ0v) is 10.3. The molecule has 1 aliphatic rings. The van der Waals surface area contributed by atoms with E-state index in [0.29, 0.717) is 12.2 Å². The fourth-order valence-electron chi connectivity index (χ4n) is 1.91. The third-order valence-corrected chi connectivity index (χ3v) is 2.64. The van der Waals surface area contributed by atoms with E-state index in [1.807, 2.05) is 13.0 Å². The fourth-order valence-corrected chi connectivity index (χ4v) is 1.91. The summed E-state index contributed by atoms with van der Waals surface area (Å²) in [4.78, 5) is 22.0. The van der Waals surface area contributed by atoms with Crippen molar-refractivity contribution >= 4 is 11.6 Å². The highest BCUT2D eigenvalue weighted by molar-refractivity contribution is 5.77. The summed E-state index contributed by atoms with van der Waals surface area (Å²) in [6, 6.07) is 1.90. The molecule has 0 saturated carbocycles. The molecule has 17 heavy (non-hydrogen) atoms. The molecule has 5 heteroatoms. The van der Waals surface area contributed by atoms with Crippen LogP contribution < -0.4 is 4.90 Å². The Morgan fingerprint density at radius 3 is 2.76 bits per heavy atom. The standard InChI is InChI=1S/C12H17N3O2/c1-9(16)7-11-8-12(14-10(2)13-11)15-3-5-17-6-4-15/h8H,3-7H2,1-2H3. The van der Waals surface area contributed by atoms with Gasteiger partial charge in [0, 0.05) is 25.6 Å². The normalized spacial score (nSPS) is 16.0. The van der Waals surface area contributed by atoms with Crippen molar-refractivity contribution in [3.8, 4) is 0 Å². The van der Waals surface area contributed by atoms with Crippen molar-refractivity contribution in [2.45, 2.75) is 20.3 Å². The molecule has 2 heterocycles. The number of Topliss-reactive ketones (excluding diaryl/α,β-unsaturated/α-hetero) is 1. The molecule has 1 fully saturated rings. The number of ether oxygens (including phenoxy) is 1. The molecule has 0 aromatic carbocycles. The molecular formula is C12H17N3O2. The van der Waals surface area contributed by atoms with E-state index in [9.17, 15) is 4.79 Å². The van der Waals surface area contributed by atoms with Crippen LogP contribution in [0.1, 0.15) is 18.4 Å². The Bertz CT molecular complexity index is 414. The molecule has 0 unspecified atom stereocenters. The molecule has 1 aromatic heterocycles. The van der Waals surface area contributed by atoms with E-state index in [-0.39, 0.29) is 5.78 Å². The van der Waals surface area contributed by atoms with Gasteiger partial charge in [0.05, 0.1) is 18.9 Å². The smallest absolute Gasteiger partial charge is 0.135 e. The summed E-state index contributed by atoms with van der Waals surface area (Å²) >= 11 is 0. The lowest BCUT2D eigenvalue weighted by molar-refractivity contribution is -0.116. The minimum atomic E-state index is 0.121. The maximum absolute atomic E-state index is 11.1. The first-order valence-corrected chi connectivity index (χ1v) is 5.82. The quantitative estimate of drug-likeness (QED) is 0.774. The second kappa shape index (κ2) is 5.23. The molecule has 0 radical (unpaired) electrons. The Hall–Kier alpha value is -1.49. The Morgan fingerprint density at radius 2 is 2.12 bits per heavy atom. The number of hydrogen-bond acceptors (Lipinski definition) is 5. The van der Waals surface area contributed by atoms with Crippen molar-refractivity contribution in [3.63, 3.8) is 0 Å². The van der Waals surface area contributed by atoms with Gasteiger partial charge >= 0.3 is 0 Å². The number of ketones is 1. The number of carbonyl (C=O) groups is 1. The summed E-state index contributed by atoms with van der Waals surface area (Å²) in [5.74, 6) is 1.73. The Kier molecular flexibility index (Phi) is 3.68. The fraction of sp³-hybridized carbons (Fsp3) is 0.583. The van der Waals surface area contributed by atoms with Crippen LogP contribution in [0.25, 0.3) is 0 Å². The van der Waals surface area contributed by atoms with Crippen molar-refractivity contribution in [1.82, 2.24) is 9.97 Å². The first-order chi connectivity index (χ1) is 8.15. The largest absolute Gasteiger partial charge is 0.378 e. The number of morpholine rings is 1. The minimum absolute atomic E-state index is 0.121. The van der Waals surface area contributed by atoms with E-state index < -0.39 is 0 Å². The van der Waals surface area contributed by atoms with E-state index >= 15 is 0 Å². The number of rotatable bonds is 3. The topological polar surface area (TPSA) is 55.3 Å². The molecule has 0 spiro atoms. The molecule has 0 aliphatic carbocycles. The van der Waals surface area contributed by atoms with Gasteiger partial charge in [-0.2, -0.15) is 0 Å². The van der Waals surface area contributed by atoms with Gasteiger partial charge < -0.3 is 9.64 Å². The lowest BCUT2D eigenvalue weighted by Crippen LogP contribution is -2.37. The van der Waals surface area contributed by atoms with E-state index in [1.54, 1.807) is 6.92 Å². The molecule has 1 aromatic rings. The van der Waals surface area contributed by atoms with Gasteiger partial charge in [0.2, 0.25) is 0 Å². The molecule has 1 saturated heterocycles. The predicted molar refractivity (Wildman–Crippen MR) is 64.2 cm³/mol. The zero-order chi connectivity index (χ0) is 12.3. The molecule has 0 N–H and O–H groups in total. The van der Waals surface area contributed by atoms with Crippen LogP contribution >= 0.6 is 0 Å². The highest BCUT2D eigenvalue weighted by Crippen LogP contribution is 2.14. The van der Waals surface area contributed by atoms with Crippen molar-refractivity contribution < 1.29 is 9.53 Å². The maximum atomic E-state index is 11.1. The molecule has 0 atom stereocenters. The average molecular weight is 235 g/mol. The SMILES string of the molecule is CC(=O)Cc1cc(N2CCOCC2)nc(C)n1. The number of hydrogen-bond donors (Lipinski definition) is 0. The molecule has 0 amide bonds. The maximum Gasteiger partial charge on any atom is 0.135 e. The minimum Gasteiger partial charge on any atom is -0.378 e. The van der Waals surface area contributed by atoms with Gasteiger partial charge in [-0.3, -0.25) is 4.79 Å². The number of anilines is 1. The van der Waals surface area contributed by atoms with Gasteiger partial charge in [-0.25, -0.2) is 9.97 Å². The molecule has 5 nitrogen and oxygen atoms in total. The second-order valence-corrected chi connectivity index (χ2v) is 4.24. The van der Waals surface area contributed by atoms with Crippen molar-refractivity contribution in [2.24, 2.45) is 0 Å². The van der Waals surface area contributed by atoms with Crippen LogP contribution in [0.5, 0.6) is 0 Å². The predicted octanol–water partition coefficient (Wildman–Crippen LogP) is 0.753. The summed E-state index contributed by atoms with van der Waals surface area (Å²) in [5.41, 5.74) is 0.798. The highest BCUT2D eigenvalue weighted by atomic mass is 16.5. The van der Waals surface area contributed by atoms with E-state index in [0.717, 1.165) is 37.8 Å². The number of aromatic nitrogens is 2. The average Bonchev–Trinajstić information content (AvgIpc) is 2.28. The third-order valence-electron chi connectivity index (χ3n) is 2.64. The molecule has 92 valence electrons. The number of aryl methyl sites for hydroxylation is 1. The van der Waals surface area contributed by atoms with Crippen molar-refractivity contribution in [2.75, 3.05) is 31.2 Å². The van der Waals surface area contributed by atoms with E-state index in [4.69, 9.17) is 4.74 Å². The van der Waals surface area contributed by atoms with Crippen molar-refractivity contribution in [3.05, 3.63) is 17.6 Å². The third kappa shape index (κ3) is 3.23.